The smallest absolute Gasteiger partial charge is 0.180 e. The van der Waals surface area contributed by atoms with Gasteiger partial charge in [0.05, 0.1) is 0 Å². The molecule has 0 radical (unpaired) electrons. The van der Waals surface area contributed by atoms with Crippen molar-refractivity contribution >= 4 is 5.82 Å². The summed E-state index contributed by atoms with van der Waals surface area (Å²) in [6.07, 6.45) is 3.84. The Bertz CT molecular complexity index is 578. The SMILES string of the molecule is CCCc1cc(N2CCNCC2)nc(-c2ccccn2)n1. The Kier molecular flexibility index (Phi) is 4.40. The Labute approximate surface area is 125 Å². The van der Waals surface area contributed by atoms with Crippen molar-refractivity contribution in [2.24, 2.45) is 0 Å². The second-order valence-electron chi connectivity index (χ2n) is 5.24. The van der Waals surface area contributed by atoms with Gasteiger partial charge in [0, 0.05) is 44.1 Å². The highest BCUT2D eigenvalue weighted by Crippen LogP contribution is 2.19. The summed E-state index contributed by atoms with van der Waals surface area (Å²) in [6, 6.07) is 7.98. The maximum Gasteiger partial charge on any atom is 0.180 e. The summed E-state index contributed by atoms with van der Waals surface area (Å²) in [6.45, 7) is 6.17. The number of aromatic nitrogens is 3. The minimum absolute atomic E-state index is 0.732. The van der Waals surface area contributed by atoms with Gasteiger partial charge in [-0.15, -0.1) is 0 Å². The molecule has 0 aliphatic carbocycles. The molecule has 21 heavy (non-hydrogen) atoms. The summed E-state index contributed by atoms with van der Waals surface area (Å²) in [5.74, 6) is 1.76. The van der Waals surface area contributed by atoms with Gasteiger partial charge < -0.3 is 10.2 Å². The van der Waals surface area contributed by atoms with Crippen LogP contribution >= 0.6 is 0 Å². The van der Waals surface area contributed by atoms with Crippen LogP contribution in [0.2, 0.25) is 0 Å². The second-order valence-corrected chi connectivity index (χ2v) is 5.24. The first-order chi connectivity index (χ1) is 10.4. The van der Waals surface area contributed by atoms with Gasteiger partial charge >= 0.3 is 0 Å². The van der Waals surface area contributed by atoms with E-state index in [-0.39, 0.29) is 0 Å². The largest absolute Gasteiger partial charge is 0.354 e. The van der Waals surface area contributed by atoms with Gasteiger partial charge in [0.2, 0.25) is 0 Å². The molecule has 2 aromatic heterocycles. The van der Waals surface area contributed by atoms with E-state index >= 15 is 0 Å². The summed E-state index contributed by atoms with van der Waals surface area (Å²) in [4.78, 5) is 16.1. The molecule has 0 unspecified atom stereocenters. The molecule has 0 bridgehead atoms. The lowest BCUT2D eigenvalue weighted by atomic mass is 10.2. The fourth-order valence-electron chi connectivity index (χ4n) is 2.53. The van der Waals surface area contributed by atoms with Crippen LogP contribution in [0.1, 0.15) is 19.0 Å². The predicted octanol–water partition coefficient (Wildman–Crippen LogP) is 1.90. The quantitative estimate of drug-likeness (QED) is 0.929. The molecule has 1 N–H and O–H groups in total. The standard InChI is InChI=1S/C16H21N5/c1-2-5-13-12-15(21-10-8-17-9-11-21)20-16(19-13)14-6-3-4-7-18-14/h3-4,6-7,12,17H,2,5,8-11H2,1H3. The zero-order valence-electron chi connectivity index (χ0n) is 12.4. The Morgan fingerprint density at radius 3 is 2.76 bits per heavy atom. The van der Waals surface area contributed by atoms with Gasteiger partial charge in [-0.05, 0) is 18.6 Å². The highest BCUT2D eigenvalue weighted by Gasteiger charge is 2.15. The van der Waals surface area contributed by atoms with E-state index < -0.39 is 0 Å². The molecule has 0 atom stereocenters. The average Bonchev–Trinajstić information content (AvgIpc) is 2.56. The van der Waals surface area contributed by atoms with Crippen molar-refractivity contribution in [1.82, 2.24) is 20.3 Å². The lowest BCUT2D eigenvalue weighted by Crippen LogP contribution is -2.44. The van der Waals surface area contributed by atoms with Gasteiger partial charge in [-0.25, -0.2) is 9.97 Å². The van der Waals surface area contributed by atoms with Crippen molar-refractivity contribution in [3.8, 4) is 11.5 Å². The molecule has 3 rings (SSSR count). The van der Waals surface area contributed by atoms with Crippen molar-refractivity contribution in [2.75, 3.05) is 31.1 Å². The van der Waals surface area contributed by atoms with Crippen molar-refractivity contribution in [1.29, 1.82) is 0 Å². The fraction of sp³-hybridized carbons (Fsp3) is 0.438. The molecule has 1 aliphatic heterocycles. The van der Waals surface area contributed by atoms with Crippen molar-refractivity contribution < 1.29 is 0 Å². The summed E-state index contributed by atoms with van der Waals surface area (Å²) < 4.78 is 0. The van der Waals surface area contributed by atoms with E-state index in [2.05, 4.69) is 33.2 Å². The molecule has 5 heteroatoms. The first-order valence-corrected chi connectivity index (χ1v) is 7.62. The van der Waals surface area contributed by atoms with Crippen LogP contribution in [-0.4, -0.2) is 41.1 Å². The van der Waals surface area contributed by atoms with Gasteiger partial charge in [0.1, 0.15) is 11.5 Å². The van der Waals surface area contributed by atoms with E-state index in [0.717, 1.165) is 62.1 Å². The molecule has 110 valence electrons. The third kappa shape index (κ3) is 3.36. The molecule has 3 heterocycles. The Balaban J connectivity index is 1.97. The van der Waals surface area contributed by atoms with Crippen LogP contribution in [-0.2, 0) is 6.42 Å². The topological polar surface area (TPSA) is 53.9 Å². The molecule has 0 aromatic carbocycles. The molecule has 0 spiro atoms. The molecular formula is C16H21N5. The molecule has 2 aromatic rings. The van der Waals surface area contributed by atoms with Crippen molar-refractivity contribution in [3.63, 3.8) is 0 Å². The van der Waals surface area contributed by atoms with Crippen LogP contribution in [0.3, 0.4) is 0 Å². The lowest BCUT2D eigenvalue weighted by molar-refractivity contribution is 0.584. The second kappa shape index (κ2) is 6.63. The number of aryl methyl sites for hydroxylation is 1. The molecule has 1 aliphatic rings. The van der Waals surface area contributed by atoms with Crippen LogP contribution in [0.25, 0.3) is 11.5 Å². The third-order valence-corrected chi connectivity index (χ3v) is 3.61. The first-order valence-electron chi connectivity index (χ1n) is 7.62. The third-order valence-electron chi connectivity index (χ3n) is 3.61. The highest BCUT2D eigenvalue weighted by molar-refractivity contribution is 5.54. The van der Waals surface area contributed by atoms with Crippen LogP contribution in [0.5, 0.6) is 0 Å². The molecule has 1 saturated heterocycles. The molecule has 0 saturated carbocycles. The van der Waals surface area contributed by atoms with E-state index in [1.165, 1.54) is 0 Å². The zero-order valence-corrected chi connectivity index (χ0v) is 12.4. The number of rotatable bonds is 4. The number of hydrogen-bond acceptors (Lipinski definition) is 5. The maximum atomic E-state index is 4.73. The fourth-order valence-corrected chi connectivity index (χ4v) is 2.53. The normalized spacial score (nSPS) is 15.2. The summed E-state index contributed by atoms with van der Waals surface area (Å²) in [7, 11) is 0. The van der Waals surface area contributed by atoms with Gasteiger partial charge in [-0.3, -0.25) is 4.98 Å². The molecule has 0 amide bonds. The van der Waals surface area contributed by atoms with E-state index in [4.69, 9.17) is 4.98 Å². The van der Waals surface area contributed by atoms with E-state index in [9.17, 15) is 0 Å². The van der Waals surface area contributed by atoms with Crippen LogP contribution in [0.4, 0.5) is 5.82 Å². The lowest BCUT2D eigenvalue weighted by Gasteiger charge is -2.28. The zero-order chi connectivity index (χ0) is 14.5. The highest BCUT2D eigenvalue weighted by atomic mass is 15.2. The van der Waals surface area contributed by atoms with Crippen molar-refractivity contribution in [3.05, 3.63) is 36.2 Å². The van der Waals surface area contributed by atoms with Crippen LogP contribution < -0.4 is 10.2 Å². The molecular weight excluding hydrogens is 262 g/mol. The Hall–Kier alpha value is -2.01. The number of anilines is 1. The van der Waals surface area contributed by atoms with Gasteiger partial charge in [-0.1, -0.05) is 19.4 Å². The number of nitrogens with zero attached hydrogens (tertiary/aromatic N) is 4. The first kappa shape index (κ1) is 13.9. The Morgan fingerprint density at radius 2 is 2.05 bits per heavy atom. The average molecular weight is 283 g/mol. The van der Waals surface area contributed by atoms with E-state index in [1.807, 2.05) is 18.2 Å². The minimum Gasteiger partial charge on any atom is -0.354 e. The minimum atomic E-state index is 0.732. The Morgan fingerprint density at radius 1 is 1.19 bits per heavy atom. The van der Waals surface area contributed by atoms with Crippen LogP contribution in [0, 0.1) is 0 Å². The van der Waals surface area contributed by atoms with Gasteiger partial charge in [0.15, 0.2) is 5.82 Å². The maximum absolute atomic E-state index is 4.73. The summed E-state index contributed by atoms with van der Waals surface area (Å²) in [5, 5.41) is 3.37. The number of nitrogens with one attached hydrogen (secondary N) is 1. The molecule has 1 fully saturated rings. The van der Waals surface area contributed by atoms with E-state index in [0.29, 0.717) is 0 Å². The summed E-state index contributed by atoms with van der Waals surface area (Å²) >= 11 is 0. The van der Waals surface area contributed by atoms with Crippen molar-refractivity contribution in [2.45, 2.75) is 19.8 Å². The van der Waals surface area contributed by atoms with Gasteiger partial charge in [-0.2, -0.15) is 0 Å². The number of piperazine rings is 1. The predicted molar refractivity (Wildman–Crippen MR) is 84.3 cm³/mol. The number of pyridine rings is 1. The van der Waals surface area contributed by atoms with E-state index in [1.54, 1.807) is 6.20 Å². The van der Waals surface area contributed by atoms with Gasteiger partial charge in [0.25, 0.3) is 0 Å². The van der Waals surface area contributed by atoms with Crippen LogP contribution in [0.15, 0.2) is 30.5 Å². The monoisotopic (exact) mass is 283 g/mol. The summed E-state index contributed by atoms with van der Waals surface area (Å²) in [5.41, 5.74) is 1.94. The number of hydrogen-bond donors (Lipinski definition) is 1. The molecule has 5 nitrogen and oxygen atoms in total.